The number of amides is 1. The van der Waals surface area contributed by atoms with Gasteiger partial charge in [0.25, 0.3) is 0 Å². The molecule has 1 amide bonds. The van der Waals surface area contributed by atoms with Crippen molar-refractivity contribution < 1.29 is 13.9 Å². The largest absolute Gasteiger partial charge is 0.497 e. The number of carbonyl (C=O) groups excluding carboxylic acids is 1. The van der Waals surface area contributed by atoms with Crippen LogP contribution < -0.4 is 10.1 Å². The fourth-order valence-electron chi connectivity index (χ4n) is 2.99. The normalized spacial score (nSPS) is 10.7. The molecule has 32 heavy (non-hydrogen) atoms. The standard InChI is InChI=1S/C23H20FN5O2S/c1-15-6-7-16(13-19(15)24)26-21(30)14-32-23-28-27-22(20-5-3-4-12-25-20)29(23)17-8-10-18(31-2)11-9-17/h3-13H,14H2,1-2H3,(H,26,30). The summed E-state index contributed by atoms with van der Waals surface area (Å²) in [6.07, 6.45) is 1.68. The van der Waals surface area contributed by atoms with Gasteiger partial charge >= 0.3 is 0 Å². The molecule has 0 aliphatic carbocycles. The highest BCUT2D eigenvalue weighted by molar-refractivity contribution is 7.99. The lowest BCUT2D eigenvalue weighted by Gasteiger charge is -2.11. The van der Waals surface area contributed by atoms with E-state index in [2.05, 4.69) is 20.5 Å². The third kappa shape index (κ3) is 4.78. The number of benzene rings is 2. The van der Waals surface area contributed by atoms with Gasteiger partial charge in [-0.05, 0) is 61.0 Å². The smallest absolute Gasteiger partial charge is 0.234 e. The van der Waals surface area contributed by atoms with Gasteiger partial charge in [-0.25, -0.2) is 4.39 Å². The van der Waals surface area contributed by atoms with E-state index >= 15 is 0 Å². The Morgan fingerprint density at radius 3 is 2.62 bits per heavy atom. The Bertz CT molecular complexity index is 1230. The van der Waals surface area contributed by atoms with Gasteiger partial charge in [-0.15, -0.1) is 10.2 Å². The molecule has 0 aliphatic rings. The second-order valence-corrected chi connectivity index (χ2v) is 7.80. The van der Waals surface area contributed by atoms with Crippen LogP contribution in [0.1, 0.15) is 5.56 Å². The number of methoxy groups -OCH3 is 1. The maximum absolute atomic E-state index is 13.7. The molecule has 0 atom stereocenters. The van der Waals surface area contributed by atoms with Gasteiger partial charge in [0.05, 0.1) is 18.6 Å². The van der Waals surface area contributed by atoms with Crippen LogP contribution in [0, 0.1) is 12.7 Å². The van der Waals surface area contributed by atoms with Crippen LogP contribution >= 0.6 is 11.8 Å². The molecule has 0 spiro atoms. The van der Waals surface area contributed by atoms with E-state index in [0.29, 0.717) is 27.9 Å². The van der Waals surface area contributed by atoms with E-state index in [0.717, 1.165) is 11.4 Å². The number of hydrogen-bond donors (Lipinski definition) is 1. The highest BCUT2D eigenvalue weighted by Gasteiger charge is 2.18. The minimum Gasteiger partial charge on any atom is -0.497 e. The summed E-state index contributed by atoms with van der Waals surface area (Å²) in [4.78, 5) is 16.8. The van der Waals surface area contributed by atoms with Crippen molar-refractivity contribution in [1.82, 2.24) is 19.7 Å². The quantitative estimate of drug-likeness (QED) is 0.418. The molecular formula is C23H20FN5O2S. The van der Waals surface area contributed by atoms with Crippen LogP contribution in [0.25, 0.3) is 17.2 Å². The van der Waals surface area contributed by atoms with Crippen molar-refractivity contribution in [2.75, 3.05) is 18.2 Å². The summed E-state index contributed by atoms with van der Waals surface area (Å²) in [6, 6.07) is 17.6. The number of anilines is 1. The van der Waals surface area contributed by atoms with Crippen LogP contribution in [0.5, 0.6) is 5.75 Å². The first kappa shape index (κ1) is 21.5. The zero-order chi connectivity index (χ0) is 22.5. The third-order valence-electron chi connectivity index (χ3n) is 4.65. The first-order valence-corrected chi connectivity index (χ1v) is 10.7. The van der Waals surface area contributed by atoms with Crippen LogP contribution in [0.15, 0.2) is 72.0 Å². The number of rotatable bonds is 7. The molecule has 4 aromatic rings. The van der Waals surface area contributed by atoms with Crippen molar-refractivity contribution in [2.24, 2.45) is 0 Å². The summed E-state index contributed by atoms with van der Waals surface area (Å²) in [5.74, 6) is 0.711. The predicted molar refractivity (Wildman–Crippen MR) is 122 cm³/mol. The Labute approximate surface area is 188 Å². The monoisotopic (exact) mass is 449 g/mol. The number of hydrogen-bond acceptors (Lipinski definition) is 6. The van der Waals surface area contributed by atoms with E-state index in [1.54, 1.807) is 32.4 Å². The molecule has 0 fully saturated rings. The van der Waals surface area contributed by atoms with Crippen molar-refractivity contribution in [3.05, 3.63) is 78.2 Å². The highest BCUT2D eigenvalue weighted by atomic mass is 32.2. The molecule has 2 aromatic heterocycles. The second-order valence-electron chi connectivity index (χ2n) is 6.86. The van der Waals surface area contributed by atoms with Crippen LogP contribution in [0.4, 0.5) is 10.1 Å². The Balaban J connectivity index is 1.58. The van der Waals surface area contributed by atoms with Gasteiger partial charge in [-0.1, -0.05) is 23.9 Å². The molecule has 0 unspecified atom stereocenters. The van der Waals surface area contributed by atoms with Crippen molar-refractivity contribution >= 4 is 23.4 Å². The van der Waals surface area contributed by atoms with Gasteiger partial charge in [0.1, 0.15) is 17.3 Å². The highest BCUT2D eigenvalue weighted by Crippen LogP contribution is 2.28. The fourth-order valence-corrected chi connectivity index (χ4v) is 3.74. The van der Waals surface area contributed by atoms with E-state index in [4.69, 9.17) is 4.74 Å². The molecule has 0 bridgehead atoms. The maximum atomic E-state index is 13.7. The number of carbonyl (C=O) groups is 1. The number of thioether (sulfide) groups is 1. The van der Waals surface area contributed by atoms with Gasteiger partial charge in [-0.3, -0.25) is 14.3 Å². The van der Waals surface area contributed by atoms with Crippen molar-refractivity contribution in [3.63, 3.8) is 0 Å². The summed E-state index contributed by atoms with van der Waals surface area (Å²) in [5.41, 5.74) is 2.39. The van der Waals surface area contributed by atoms with Gasteiger partial charge in [-0.2, -0.15) is 0 Å². The summed E-state index contributed by atoms with van der Waals surface area (Å²) in [5, 5.41) is 11.8. The summed E-state index contributed by atoms with van der Waals surface area (Å²) in [7, 11) is 1.60. The summed E-state index contributed by atoms with van der Waals surface area (Å²) < 4.78 is 20.8. The van der Waals surface area contributed by atoms with Crippen molar-refractivity contribution in [1.29, 1.82) is 0 Å². The van der Waals surface area contributed by atoms with Crippen LogP contribution in [0.2, 0.25) is 0 Å². The summed E-state index contributed by atoms with van der Waals surface area (Å²) >= 11 is 1.23. The first-order valence-electron chi connectivity index (χ1n) is 9.75. The van der Waals surface area contributed by atoms with Gasteiger partial charge in [0, 0.05) is 11.9 Å². The predicted octanol–water partition coefficient (Wildman–Crippen LogP) is 4.52. The zero-order valence-electron chi connectivity index (χ0n) is 17.4. The van der Waals surface area contributed by atoms with Gasteiger partial charge in [0.15, 0.2) is 11.0 Å². The molecule has 2 heterocycles. The average molecular weight is 450 g/mol. The number of aromatic nitrogens is 4. The topological polar surface area (TPSA) is 81.9 Å². The molecule has 0 radical (unpaired) electrons. The van der Waals surface area contributed by atoms with E-state index in [1.165, 1.54) is 17.8 Å². The molecule has 2 aromatic carbocycles. The molecule has 1 N–H and O–H groups in total. The maximum Gasteiger partial charge on any atom is 0.234 e. The number of ether oxygens (including phenoxy) is 1. The number of nitrogens with zero attached hydrogens (tertiary/aromatic N) is 4. The molecule has 7 nitrogen and oxygen atoms in total. The number of pyridine rings is 1. The van der Waals surface area contributed by atoms with Crippen molar-refractivity contribution in [3.8, 4) is 23.0 Å². The fraction of sp³-hybridized carbons (Fsp3) is 0.130. The van der Waals surface area contributed by atoms with E-state index in [-0.39, 0.29) is 17.5 Å². The lowest BCUT2D eigenvalue weighted by molar-refractivity contribution is -0.113. The SMILES string of the molecule is COc1ccc(-n2c(SCC(=O)Nc3ccc(C)c(F)c3)nnc2-c2ccccn2)cc1. The zero-order valence-corrected chi connectivity index (χ0v) is 18.3. The van der Waals surface area contributed by atoms with E-state index in [9.17, 15) is 9.18 Å². The van der Waals surface area contributed by atoms with E-state index in [1.807, 2.05) is 47.0 Å². The van der Waals surface area contributed by atoms with E-state index < -0.39 is 0 Å². The Morgan fingerprint density at radius 1 is 1.12 bits per heavy atom. The lowest BCUT2D eigenvalue weighted by Crippen LogP contribution is -2.14. The van der Waals surface area contributed by atoms with Gasteiger partial charge in [0.2, 0.25) is 5.91 Å². The third-order valence-corrected chi connectivity index (χ3v) is 5.57. The second kappa shape index (κ2) is 9.61. The Kier molecular flexibility index (Phi) is 6.46. The molecule has 0 saturated carbocycles. The average Bonchev–Trinajstić information content (AvgIpc) is 3.25. The molecule has 162 valence electrons. The first-order chi connectivity index (χ1) is 15.5. The molecule has 0 saturated heterocycles. The molecular weight excluding hydrogens is 429 g/mol. The van der Waals surface area contributed by atoms with Gasteiger partial charge < -0.3 is 10.1 Å². The minimum absolute atomic E-state index is 0.0754. The molecule has 9 heteroatoms. The molecule has 4 rings (SSSR count). The minimum atomic E-state index is -0.366. The van der Waals surface area contributed by atoms with Crippen LogP contribution in [0.3, 0.4) is 0 Å². The summed E-state index contributed by atoms with van der Waals surface area (Å²) in [6.45, 7) is 1.67. The van der Waals surface area contributed by atoms with Crippen LogP contribution in [-0.4, -0.2) is 38.5 Å². The van der Waals surface area contributed by atoms with Crippen LogP contribution in [-0.2, 0) is 4.79 Å². The number of halogens is 1. The number of nitrogens with one attached hydrogen (secondary N) is 1. The van der Waals surface area contributed by atoms with Crippen molar-refractivity contribution in [2.45, 2.75) is 12.1 Å². The Morgan fingerprint density at radius 2 is 1.94 bits per heavy atom. The lowest BCUT2D eigenvalue weighted by atomic mass is 10.2. The Hall–Kier alpha value is -3.72. The molecule has 0 aliphatic heterocycles. The number of aryl methyl sites for hydroxylation is 1.